The fourth-order valence-corrected chi connectivity index (χ4v) is 3.93. The van der Waals surface area contributed by atoms with Gasteiger partial charge in [-0.15, -0.1) is 0 Å². The minimum atomic E-state index is -0.0252. The molecule has 1 saturated carbocycles. The molecule has 1 aliphatic rings. The van der Waals surface area contributed by atoms with Crippen LogP contribution in [0.3, 0.4) is 0 Å². The van der Waals surface area contributed by atoms with Gasteiger partial charge >= 0.3 is 0 Å². The highest BCUT2D eigenvalue weighted by Crippen LogP contribution is 2.44. The zero-order valence-electron chi connectivity index (χ0n) is 13.0. The molecule has 0 amide bonds. The molecule has 106 valence electrons. The summed E-state index contributed by atoms with van der Waals surface area (Å²) in [4.78, 5) is 0. The molecule has 0 radical (unpaired) electrons. The van der Waals surface area contributed by atoms with Crippen LogP contribution in [0.5, 0.6) is 0 Å². The van der Waals surface area contributed by atoms with Gasteiger partial charge in [-0.2, -0.15) is 0 Å². The highest BCUT2D eigenvalue weighted by molar-refractivity contribution is 5.28. The van der Waals surface area contributed by atoms with Crippen molar-refractivity contribution in [2.45, 2.75) is 65.3 Å². The van der Waals surface area contributed by atoms with Crippen LogP contribution in [0.2, 0.25) is 0 Å². The van der Waals surface area contributed by atoms with E-state index in [0.29, 0.717) is 11.3 Å². The lowest BCUT2D eigenvalue weighted by Gasteiger charge is -2.48. The molecule has 0 aromatic heterocycles. The van der Waals surface area contributed by atoms with Gasteiger partial charge in [0, 0.05) is 5.54 Å². The predicted molar refractivity (Wildman–Crippen MR) is 83.2 cm³/mol. The molecule has 1 heteroatoms. The first-order chi connectivity index (χ1) is 8.83. The lowest BCUT2D eigenvalue weighted by atomic mass is 9.60. The van der Waals surface area contributed by atoms with E-state index in [1.54, 1.807) is 0 Å². The second-order valence-corrected chi connectivity index (χ2v) is 7.50. The Kier molecular flexibility index (Phi) is 4.06. The average molecular weight is 259 g/mol. The molecule has 0 aliphatic heterocycles. The maximum Gasteiger partial charge on any atom is 0.0228 e. The standard InChI is InChI=1S/C18H29N/c1-14-9-5-6-10-15(14)13-18(19)12-8-7-11-16(18)17(2,3)4/h5-6,9-10,16H,7-8,11-13,19H2,1-4H3. The third kappa shape index (κ3) is 3.20. The second-order valence-electron chi connectivity index (χ2n) is 7.50. The summed E-state index contributed by atoms with van der Waals surface area (Å²) in [5, 5.41) is 0. The Bertz CT molecular complexity index is 430. The minimum Gasteiger partial charge on any atom is -0.325 e. The molecule has 19 heavy (non-hydrogen) atoms. The Morgan fingerprint density at radius 3 is 2.53 bits per heavy atom. The Morgan fingerprint density at radius 2 is 1.89 bits per heavy atom. The van der Waals surface area contributed by atoms with Gasteiger partial charge in [-0.05, 0) is 48.6 Å². The lowest BCUT2D eigenvalue weighted by molar-refractivity contribution is 0.0792. The summed E-state index contributed by atoms with van der Waals surface area (Å²) in [7, 11) is 0. The number of nitrogens with two attached hydrogens (primary N) is 1. The van der Waals surface area contributed by atoms with Crippen LogP contribution in [-0.4, -0.2) is 5.54 Å². The predicted octanol–water partition coefficient (Wildman–Crippen LogP) is 4.47. The molecule has 2 N–H and O–H groups in total. The summed E-state index contributed by atoms with van der Waals surface area (Å²) in [5.41, 5.74) is 9.98. The van der Waals surface area contributed by atoms with E-state index in [-0.39, 0.29) is 5.54 Å². The van der Waals surface area contributed by atoms with Crippen LogP contribution < -0.4 is 5.73 Å². The van der Waals surface area contributed by atoms with Crippen molar-refractivity contribution in [2.75, 3.05) is 0 Å². The van der Waals surface area contributed by atoms with Crippen LogP contribution in [0, 0.1) is 18.3 Å². The van der Waals surface area contributed by atoms with Crippen molar-refractivity contribution in [1.29, 1.82) is 0 Å². The van der Waals surface area contributed by atoms with Gasteiger partial charge in [0.2, 0.25) is 0 Å². The monoisotopic (exact) mass is 259 g/mol. The Morgan fingerprint density at radius 1 is 1.21 bits per heavy atom. The molecule has 1 fully saturated rings. The molecular weight excluding hydrogens is 230 g/mol. The van der Waals surface area contributed by atoms with Crippen molar-refractivity contribution >= 4 is 0 Å². The van der Waals surface area contributed by atoms with Gasteiger partial charge in [0.15, 0.2) is 0 Å². The second kappa shape index (κ2) is 5.28. The maximum absolute atomic E-state index is 6.89. The first kappa shape index (κ1) is 14.6. The first-order valence-electron chi connectivity index (χ1n) is 7.66. The van der Waals surface area contributed by atoms with Gasteiger partial charge in [-0.3, -0.25) is 0 Å². The Hall–Kier alpha value is -0.820. The van der Waals surface area contributed by atoms with Gasteiger partial charge < -0.3 is 5.73 Å². The lowest BCUT2D eigenvalue weighted by Crippen LogP contribution is -2.55. The molecule has 1 aliphatic carbocycles. The summed E-state index contributed by atoms with van der Waals surface area (Å²) in [6.45, 7) is 9.25. The van der Waals surface area contributed by atoms with E-state index >= 15 is 0 Å². The van der Waals surface area contributed by atoms with Crippen molar-refractivity contribution in [3.05, 3.63) is 35.4 Å². The van der Waals surface area contributed by atoms with Crippen molar-refractivity contribution < 1.29 is 0 Å². The quantitative estimate of drug-likeness (QED) is 0.833. The summed E-state index contributed by atoms with van der Waals surface area (Å²) in [6.07, 6.45) is 6.11. The van der Waals surface area contributed by atoms with Crippen molar-refractivity contribution in [1.82, 2.24) is 0 Å². The van der Waals surface area contributed by atoms with Crippen LogP contribution >= 0.6 is 0 Å². The molecule has 1 nitrogen and oxygen atoms in total. The summed E-state index contributed by atoms with van der Waals surface area (Å²) < 4.78 is 0. The topological polar surface area (TPSA) is 26.0 Å². The fraction of sp³-hybridized carbons (Fsp3) is 0.667. The van der Waals surface area contributed by atoms with E-state index in [1.807, 2.05) is 0 Å². The molecule has 2 atom stereocenters. The summed E-state index contributed by atoms with van der Waals surface area (Å²) in [5.74, 6) is 0.619. The van der Waals surface area contributed by atoms with Gasteiger partial charge in [0.05, 0.1) is 0 Å². The summed E-state index contributed by atoms with van der Waals surface area (Å²) in [6, 6.07) is 8.70. The van der Waals surface area contributed by atoms with Gasteiger partial charge in [-0.1, -0.05) is 57.9 Å². The third-order valence-electron chi connectivity index (χ3n) is 4.91. The van der Waals surface area contributed by atoms with Crippen LogP contribution in [0.1, 0.15) is 57.6 Å². The molecule has 2 rings (SSSR count). The number of aryl methyl sites for hydroxylation is 1. The molecule has 0 saturated heterocycles. The van der Waals surface area contributed by atoms with E-state index in [4.69, 9.17) is 5.73 Å². The minimum absolute atomic E-state index is 0.0252. The van der Waals surface area contributed by atoms with Crippen molar-refractivity contribution in [3.8, 4) is 0 Å². The molecule has 0 bridgehead atoms. The zero-order valence-corrected chi connectivity index (χ0v) is 13.0. The Labute approximate surface area is 118 Å². The van der Waals surface area contributed by atoms with Gasteiger partial charge in [0.25, 0.3) is 0 Å². The smallest absolute Gasteiger partial charge is 0.0228 e. The van der Waals surface area contributed by atoms with Gasteiger partial charge in [-0.25, -0.2) is 0 Å². The number of hydrogen-bond acceptors (Lipinski definition) is 1. The van der Waals surface area contributed by atoms with E-state index in [0.717, 1.165) is 6.42 Å². The highest BCUT2D eigenvalue weighted by atomic mass is 14.8. The molecule has 1 aromatic carbocycles. The van der Waals surface area contributed by atoms with E-state index in [9.17, 15) is 0 Å². The van der Waals surface area contributed by atoms with Crippen LogP contribution in [0.15, 0.2) is 24.3 Å². The SMILES string of the molecule is Cc1ccccc1CC1(N)CCCCC1C(C)(C)C. The molecule has 0 heterocycles. The van der Waals surface area contributed by atoms with Crippen molar-refractivity contribution in [2.24, 2.45) is 17.1 Å². The molecule has 0 spiro atoms. The maximum atomic E-state index is 6.89. The van der Waals surface area contributed by atoms with Crippen molar-refractivity contribution in [3.63, 3.8) is 0 Å². The average Bonchev–Trinajstić information content (AvgIpc) is 2.31. The van der Waals surface area contributed by atoms with E-state index in [2.05, 4.69) is 52.0 Å². The highest BCUT2D eigenvalue weighted by Gasteiger charge is 2.43. The van der Waals surface area contributed by atoms with E-state index < -0.39 is 0 Å². The van der Waals surface area contributed by atoms with Crippen LogP contribution in [-0.2, 0) is 6.42 Å². The number of hydrogen-bond donors (Lipinski definition) is 1. The molecular formula is C18H29N. The molecule has 1 aromatic rings. The largest absolute Gasteiger partial charge is 0.325 e. The molecule has 2 unspecified atom stereocenters. The third-order valence-corrected chi connectivity index (χ3v) is 4.91. The van der Waals surface area contributed by atoms with Crippen LogP contribution in [0.25, 0.3) is 0 Å². The first-order valence-corrected chi connectivity index (χ1v) is 7.66. The van der Waals surface area contributed by atoms with Crippen LogP contribution in [0.4, 0.5) is 0 Å². The van der Waals surface area contributed by atoms with Gasteiger partial charge in [0.1, 0.15) is 0 Å². The zero-order chi connectivity index (χ0) is 14.1. The van der Waals surface area contributed by atoms with E-state index in [1.165, 1.54) is 36.8 Å². The number of rotatable bonds is 2. The fourth-order valence-electron chi connectivity index (χ4n) is 3.93. The normalized spacial score (nSPS) is 28.4. The number of benzene rings is 1. The Balaban J connectivity index is 2.26. The summed E-state index contributed by atoms with van der Waals surface area (Å²) >= 11 is 0.